The number of para-hydroxylation sites is 2. The van der Waals surface area contributed by atoms with Crippen LogP contribution < -0.4 is 0 Å². The molecule has 0 saturated carbocycles. The van der Waals surface area contributed by atoms with Gasteiger partial charge in [0.05, 0.1) is 16.1 Å². The van der Waals surface area contributed by atoms with Crippen LogP contribution in [-0.2, 0) is 6.54 Å². The molecule has 0 radical (unpaired) electrons. The molecule has 0 amide bonds. The summed E-state index contributed by atoms with van der Waals surface area (Å²) in [6.07, 6.45) is 7.65. The summed E-state index contributed by atoms with van der Waals surface area (Å²) in [4.78, 5) is 4.84. The van der Waals surface area contributed by atoms with Crippen molar-refractivity contribution in [2.75, 3.05) is 0 Å². The quantitative estimate of drug-likeness (QED) is 0.376. The first kappa shape index (κ1) is 18.3. The smallest absolute Gasteiger partial charge is 0.142 e. The van der Waals surface area contributed by atoms with Crippen molar-refractivity contribution in [2.45, 2.75) is 52.0 Å². The number of imidazole rings is 1. The number of nitrogens with zero attached hydrogens (tertiary/aromatic N) is 2. The summed E-state index contributed by atoms with van der Waals surface area (Å²) >= 11 is 12.5. The molecule has 0 saturated heterocycles. The molecule has 132 valence electrons. The van der Waals surface area contributed by atoms with Crippen LogP contribution in [0.1, 0.15) is 45.4 Å². The van der Waals surface area contributed by atoms with Crippen molar-refractivity contribution in [3.63, 3.8) is 0 Å². The Kier molecular flexibility index (Phi) is 6.39. The first-order valence-electron chi connectivity index (χ1n) is 9.11. The van der Waals surface area contributed by atoms with Crippen molar-refractivity contribution in [1.29, 1.82) is 0 Å². The number of aryl methyl sites for hydroxylation is 1. The number of fused-ring (bicyclic) bond motifs is 1. The van der Waals surface area contributed by atoms with Crippen LogP contribution in [0.5, 0.6) is 0 Å². The van der Waals surface area contributed by atoms with Crippen LogP contribution in [0.2, 0.25) is 10.0 Å². The molecule has 0 unspecified atom stereocenters. The van der Waals surface area contributed by atoms with E-state index in [9.17, 15) is 0 Å². The summed E-state index contributed by atoms with van der Waals surface area (Å²) < 4.78 is 2.30. The molecule has 2 nitrogen and oxygen atoms in total. The van der Waals surface area contributed by atoms with Crippen LogP contribution in [-0.4, -0.2) is 9.55 Å². The number of aromatic nitrogens is 2. The van der Waals surface area contributed by atoms with Crippen LogP contribution in [0.4, 0.5) is 0 Å². The monoisotopic (exact) mass is 374 g/mol. The van der Waals surface area contributed by atoms with Crippen LogP contribution in [0.15, 0.2) is 42.5 Å². The molecular weight excluding hydrogens is 351 g/mol. The lowest BCUT2D eigenvalue weighted by molar-refractivity contribution is 0.566. The number of unbranched alkanes of at least 4 members (excludes halogenated alkanes) is 5. The van der Waals surface area contributed by atoms with Gasteiger partial charge in [-0.1, -0.05) is 74.4 Å². The Bertz CT molecular complexity index is 839. The zero-order chi connectivity index (χ0) is 17.6. The van der Waals surface area contributed by atoms with Crippen molar-refractivity contribution < 1.29 is 0 Å². The predicted molar refractivity (Wildman–Crippen MR) is 109 cm³/mol. The molecule has 0 atom stereocenters. The van der Waals surface area contributed by atoms with Gasteiger partial charge >= 0.3 is 0 Å². The molecule has 0 N–H and O–H groups in total. The van der Waals surface area contributed by atoms with Gasteiger partial charge in [-0.15, -0.1) is 0 Å². The van der Waals surface area contributed by atoms with Crippen LogP contribution in [0.25, 0.3) is 22.4 Å². The summed E-state index contributed by atoms with van der Waals surface area (Å²) in [6.45, 7) is 3.21. The Morgan fingerprint density at radius 1 is 0.920 bits per heavy atom. The van der Waals surface area contributed by atoms with Crippen molar-refractivity contribution in [3.8, 4) is 11.4 Å². The summed E-state index contributed by atoms with van der Waals surface area (Å²) in [5, 5.41) is 1.29. The van der Waals surface area contributed by atoms with Gasteiger partial charge in [0.15, 0.2) is 0 Å². The molecule has 3 rings (SSSR count). The number of halogens is 2. The Morgan fingerprint density at radius 3 is 2.48 bits per heavy atom. The van der Waals surface area contributed by atoms with E-state index in [1.165, 1.54) is 32.1 Å². The van der Waals surface area contributed by atoms with E-state index < -0.39 is 0 Å². The lowest BCUT2D eigenvalue weighted by Gasteiger charge is -2.11. The maximum absolute atomic E-state index is 6.44. The summed E-state index contributed by atoms with van der Waals surface area (Å²) in [6, 6.07) is 13.9. The molecule has 0 spiro atoms. The van der Waals surface area contributed by atoms with E-state index in [0.29, 0.717) is 10.0 Å². The minimum absolute atomic E-state index is 0.645. The molecular formula is C21H24Cl2N2. The highest BCUT2D eigenvalue weighted by Gasteiger charge is 2.15. The molecule has 1 heterocycles. The third-order valence-corrected chi connectivity index (χ3v) is 5.11. The van der Waals surface area contributed by atoms with Gasteiger partial charge in [-0.3, -0.25) is 0 Å². The molecule has 0 fully saturated rings. The fraction of sp³-hybridized carbons (Fsp3) is 0.381. The average Bonchev–Trinajstić information content (AvgIpc) is 2.96. The molecule has 25 heavy (non-hydrogen) atoms. The van der Waals surface area contributed by atoms with Crippen LogP contribution >= 0.6 is 23.2 Å². The lowest BCUT2D eigenvalue weighted by Crippen LogP contribution is -2.01. The largest absolute Gasteiger partial charge is 0.324 e. The topological polar surface area (TPSA) is 17.8 Å². The van der Waals surface area contributed by atoms with Gasteiger partial charge in [0.2, 0.25) is 0 Å². The molecule has 4 heteroatoms. The second-order valence-corrected chi connectivity index (χ2v) is 7.31. The van der Waals surface area contributed by atoms with E-state index in [1.54, 1.807) is 6.07 Å². The first-order chi connectivity index (χ1) is 12.2. The normalized spacial score (nSPS) is 11.3. The molecule has 0 aliphatic rings. The number of rotatable bonds is 8. The average molecular weight is 375 g/mol. The highest BCUT2D eigenvalue weighted by Crippen LogP contribution is 2.32. The molecule has 0 aliphatic carbocycles. The Hall–Kier alpha value is -1.51. The van der Waals surface area contributed by atoms with Crippen molar-refractivity contribution in [2.24, 2.45) is 0 Å². The third-order valence-electron chi connectivity index (χ3n) is 4.56. The SMILES string of the molecule is CCCCCCCCn1c(-c2ccc(Cl)cc2Cl)nc2ccccc21. The standard InChI is InChI=1S/C21H24Cl2N2/c1-2-3-4-5-6-9-14-25-20-11-8-7-10-19(20)24-21(25)17-13-12-16(22)15-18(17)23/h7-8,10-13,15H,2-6,9,14H2,1H3. The van der Waals surface area contributed by atoms with E-state index in [0.717, 1.165) is 35.4 Å². The molecule has 3 aromatic rings. The van der Waals surface area contributed by atoms with Crippen molar-refractivity contribution in [3.05, 3.63) is 52.5 Å². The number of hydrogen-bond acceptors (Lipinski definition) is 1. The van der Waals surface area contributed by atoms with Gasteiger partial charge in [-0.2, -0.15) is 0 Å². The highest BCUT2D eigenvalue weighted by molar-refractivity contribution is 6.36. The first-order valence-corrected chi connectivity index (χ1v) is 9.87. The Morgan fingerprint density at radius 2 is 1.68 bits per heavy atom. The Labute approximate surface area is 159 Å². The van der Waals surface area contributed by atoms with Crippen molar-refractivity contribution >= 4 is 34.2 Å². The van der Waals surface area contributed by atoms with E-state index in [2.05, 4.69) is 29.7 Å². The zero-order valence-electron chi connectivity index (χ0n) is 14.6. The van der Waals surface area contributed by atoms with Crippen molar-refractivity contribution in [1.82, 2.24) is 9.55 Å². The maximum Gasteiger partial charge on any atom is 0.142 e. The van der Waals surface area contributed by atoms with Gasteiger partial charge in [-0.25, -0.2) is 4.98 Å². The molecule has 1 aromatic heterocycles. The molecule has 0 bridgehead atoms. The molecule has 2 aromatic carbocycles. The fourth-order valence-corrected chi connectivity index (χ4v) is 3.72. The number of benzene rings is 2. The fourth-order valence-electron chi connectivity index (χ4n) is 3.23. The van der Waals surface area contributed by atoms with Gasteiger partial charge in [0.25, 0.3) is 0 Å². The van der Waals surface area contributed by atoms with E-state index in [1.807, 2.05) is 18.2 Å². The van der Waals surface area contributed by atoms with Crippen LogP contribution in [0, 0.1) is 0 Å². The third kappa shape index (κ3) is 4.37. The predicted octanol–water partition coefficient (Wildman–Crippen LogP) is 7.37. The zero-order valence-corrected chi connectivity index (χ0v) is 16.2. The summed E-state index contributed by atoms with van der Waals surface area (Å²) in [7, 11) is 0. The van der Waals surface area contributed by atoms with Gasteiger partial charge in [0, 0.05) is 17.1 Å². The molecule has 0 aliphatic heterocycles. The summed E-state index contributed by atoms with van der Waals surface area (Å²) in [5.74, 6) is 0.927. The van der Waals surface area contributed by atoms with Gasteiger partial charge in [0.1, 0.15) is 5.82 Å². The lowest BCUT2D eigenvalue weighted by atomic mass is 10.1. The van der Waals surface area contributed by atoms with E-state index in [4.69, 9.17) is 28.2 Å². The van der Waals surface area contributed by atoms with Crippen LogP contribution in [0.3, 0.4) is 0 Å². The number of hydrogen-bond donors (Lipinski definition) is 0. The minimum Gasteiger partial charge on any atom is -0.324 e. The van der Waals surface area contributed by atoms with Gasteiger partial charge < -0.3 is 4.57 Å². The summed E-state index contributed by atoms with van der Waals surface area (Å²) in [5.41, 5.74) is 3.11. The Balaban J connectivity index is 1.87. The highest BCUT2D eigenvalue weighted by atomic mass is 35.5. The minimum atomic E-state index is 0.645. The van der Waals surface area contributed by atoms with E-state index >= 15 is 0 Å². The maximum atomic E-state index is 6.44. The van der Waals surface area contributed by atoms with Gasteiger partial charge in [-0.05, 0) is 36.8 Å². The second kappa shape index (κ2) is 8.73. The van der Waals surface area contributed by atoms with E-state index in [-0.39, 0.29) is 0 Å². The second-order valence-electron chi connectivity index (χ2n) is 6.47.